The number of carbonyl (C=O) groups is 2. The molecule has 0 aliphatic rings. The first-order chi connectivity index (χ1) is 13.5. The number of amides is 3. The van der Waals surface area contributed by atoms with Gasteiger partial charge in [-0.1, -0.05) is 6.07 Å². The predicted octanol–water partition coefficient (Wildman–Crippen LogP) is 2.56. The van der Waals surface area contributed by atoms with Gasteiger partial charge >= 0.3 is 6.03 Å². The maximum atomic E-state index is 13.0. The molecule has 1 atom stereocenters. The standard InChI is InChI=1S/C18H21BrN4O5S/c1-10-4-6-13(19)14(8-10)23-29(26,27)16-9-12(5-7-15(16)28-3)22-17(24)11(2)21-18(20)25/h4-9,11,23H,1-3H3,(H,22,24)(H3,20,21,25)/t11-/m1/s1. The third kappa shape index (κ3) is 5.84. The van der Waals surface area contributed by atoms with Crippen LogP contribution < -0.4 is 25.8 Å². The number of nitrogens with two attached hydrogens (primary N) is 1. The molecule has 11 heteroatoms. The minimum atomic E-state index is -4.04. The Labute approximate surface area is 177 Å². The van der Waals surface area contributed by atoms with Crippen molar-refractivity contribution in [1.29, 1.82) is 0 Å². The van der Waals surface area contributed by atoms with Crippen LogP contribution in [0.5, 0.6) is 5.75 Å². The van der Waals surface area contributed by atoms with Gasteiger partial charge in [0.2, 0.25) is 5.91 Å². The van der Waals surface area contributed by atoms with Gasteiger partial charge in [-0.05, 0) is 65.7 Å². The molecule has 0 radical (unpaired) electrons. The number of benzene rings is 2. The van der Waals surface area contributed by atoms with Crippen LogP contribution in [-0.2, 0) is 14.8 Å². The van der Waals surface area contributed by atoms with Crippen LogP contribution in [0.25, 0.3) is 0 Å². The number of rotatable bonds is 7. The summed E-state index contributed by atoms with van der Waals surface area (Å²) in [5.41, 5.74) is 6.44. The van der Waals surface area contributed by atoms with Crippen molar-refractivity contribution >= 4 is 49.3 Å². The minimum Gasteiger partial charge on any atom is -0.495 e. The molecule has 0 fully saturated rings. The number of ether oxygens (including phenoxy) is 1. The second kappa shape index (κ2) is 9.14. The van der Waals surface area contributed by atoms with E-state index in [-0.39, 0.29) is 16.3 Å². The van der Waals surface area contributed by atoms with Crippen LogP contribution >= 0.6 is 15.9 Å². The molecule has 0 unspecified atom stereocenters. The molecule has 0 spiro atoms. The molecule has 5 N–H and O–H groups in total. The van der Waals surface area contributed by atoms with Crippen LogP contribution in [0.1, 0.15) is 12.5 Å². The number of anilines is 2. The fraction of sp³-hybridized carbons (Fsp3) is 0.222. The van der Waals surface area contributed by atoms with Crippen molar-refractivity contribution in [3.63, 3.8) is 0 Å². The smallest absolute Gasteiger partial charge is 0.312 e. The number of primary amides is 1. The number of carbonyl (C=O) groups excluding carboxylic acids is 2. The van der Waals surface area contributed by atoms with Crippen LogP contribution in [0, 0.1) is 6.92 Å². The quantitative estimate of drug-likeness (QED) is 0.477. The van der Waals surface area contributed by atoms with Crippen molar-refractivity contribution in [2.45, 2.75) is 24.8 Å². The maximum Gasteiger partial charge on any atom is 0.312 e. The Morgan fingerprint density at radius 3 is 2.48 bits per heavy atom. The van der Waals surface area contributed by atoms with Gasteiger partial charge in [-0.25, -0.2) is 13.2 Å². The van der Waals surface area contributed by atoms with Crippen LogP contribution in [0.3, 0.4) is 0 Å². The summed E-state index contributed by atoms with van der Waals surface area (Å²) in [6, 6.07) is 7.65. The molecule has 2 aromatic rings. The van der Waals surface area contributed by atoms with Gasteiger partial charge in [-0.3, -0.25) is 9.52 Å². The first kappa shape index (κ1) is 22.5. The number of urea groups is 1. The molecule has 156 valence electrons. The van der Waals surface area contributed by atoms with E-state index in [1.54, 1.807) is 12.1 Å². The fourth-order valence-corrected chi connectivity index (χ4v) is 4.15. The van der Waals surface area contributed by atoms with Gasteiger partial charge in [-0.2, -0.15) is 0 Å². The van der Waals surface area contributed by atoms with E-state index in [4.69, 9.17) is 10.5 Å². The number of hydrogen-bond donors (Lipinski definition) is 4. The normalized spacial score (nSPS) is 12.0. The summed E-state index contributed by atoms with van der Waals surface area (Å²) in [6.45, 7) is 3.28. The molecule has 0 heterocycles. The topological polar surface area (TPSA) is 140 Å². The molecule has 0 saturated carbocycles. The Morgan fingerprint density at radius 2 is 1.86 bits per heavy atom. The Hall–Kier alpha value is -2.79. The highest BCUT2D eigenvalue weighted by molar-refractivity contribution is 9.10. The van der Waals surface area contributed by atoms with E-state index < -0.39 is 28.0 Å². The third-order valence-corrected chi connectivity index (χ3v) is 5.92. The molecule has 2 aromatic carbocycles. The van der Waals surface area contributed by atoms with Gasteiger partial charge < -0.3 is 21.1 Å². The van der Waals surface area contributed by atoms with Crippen molar-refractivity contribution < 1.29 is 22.7 Å². The summed E-state index contributed by atoms with van der Waals surface area (Å²) in [7, 11) is -2.70. The zero-order valence-electron chi connectivity index (χ0n) is 15.9. The maximum absolute atomic E-state index is 13.0. The molecule has 0 aromatic heterocycles. The fourth-order valence-electron chi connectivity index (χ4n) is 2.41. The Balaban J connectivity index is 2.35. The number of nitrogens with one attached hydrogen (secondary N) is 3. The van der Waals surface area contributed by atoms with Crippen LogP contribution in [0.4, 0.5) is 16.2 Å². The zero-order chi connectivity index (χ0) is 21.8. The summed E-state index contributed by atoms with van der Waals surface area (Å²) in [4.78, 5) is 22.9. The summed E-state index contributed by atoms with van der Waals surface area (Å²) >= 11 is 3.31. The molecular weight excluding hydrogens is 464 g/mol. The second-order valence-electron chi connectivity index (χ2n) is 6.17. The van der Waals surface area contributed by atoms with Crippen molar-refractivity contribution in [2.24, 2.45) is 5.73 Å². The SMILES string of the molecule is COc1ccc(NC(=O)[C@@H](C)NC(N)=O)cc1S(=O)(=O)Nc1cc(C)ccc1Br. The number of methoxy groups -OCH3 is 1. The lowest BCUT2D eigenvalue weighted by Gasteiger charge is -2.16. The first-order valence-corrected chi connectivity index (χ1v) is 10.6. The highest BCUT2D eigenvalue weighted by atomic mass is 79.9. The van der Waals surface area contributed by atoms with Gasteiger partial charge in [0.25, 0.3) is 10.0 Å². The van der Waals surface area contributed by atoms with E-state index >= 15 is 0 Å². The van der Waals surface area contributed by atoms with Crippen LogP contribution in [0.15, 0.2) is 45.8 Å². The summed E-state index contributed by atoms with van der Waals surface area (Å²) in [6.07, 6.45) is 0. The van der Waals surface area contributed by atoms with Gasteiger partial charge in [0.1, 0.15) is 16.7 Å². The first-order valence-electron chi connectivity index (χ1n) is 8.37. The molecule has 0 aliphatic carbocycles. The molecule has 0 aliphatic heterocycles. The molecule has 29 heavy (non-hydrogen) atoms. The average Bonchev–Trinajstić information content (AvgIpc) is 2.64. The van der Waals surface area contributed by atoms with E-state index in [9.17, 15) is 18.0 Å². The predicted molar refractivity (Wildman–Crippen MR) is 113 cm³/mol. The number of aryl methyl sites for hydroxylation is 1. The van der Waals surface area contributed by atoms with Gasteiger partial charge in [0.05, 0.1) is 12.8 Å². The lowest BCUT2D eigenvalue weighted by atomic mass is 10.2. The molecule has 9 nitrogen and oxygen atoms in total. The summed E-state index contributed by atoms with van der Waals surface area (Å²) in [5, 5.41) is 4.77. The van der Waals surface area contributed by atoms with Gasteiger partial charge in [0.15, 0.2) is 0 Å². The third-order valence-electron chi connectivity index (χ3n) is 3.84. The second-order valence-corrected chi connectivity index (χ2v) is 8.68. The molecule has 3 amide bonds. The number of sulfonamides is 1. The van der Waals surface area contributed by atoms with Gasteiger partial charge in [-0.15, -0.1) is 0 Å². The van der Waals surface area contributed by atoms with Crippen molar-refractivity contribution in [3.8, 4) is 5.75 Å². The van der Waals surface area contributed by atoms with Crippen molar-refractivity contribution in [1.82, 2.24) is 5.32 Å². The lowest BCUT2D eigenvalue weighted by molar-refractivity contribution is -0.117. The number of hydrogen-bond acceptors (Lipinski definition) is 5. The number of halogens is 1. The molecule has 0 saturated heterocycles. The van der Waals surface area contributed by atoms with Gasteiger partial charge in [0, 0.05) is 10.2 Å². The Kier molecular flexibility index (Phi) is 7.09. The van der Waals surface area contributed by atoms with E-state index in [2.05, 4.69) is 31.3 Å². The van der Waals surface area contributed by atoms with Crippen molar-refractivity contribution in [3.05, 3.63) is 46.4 Å². The Bertz CT molecular complexity index is 1040. The molecule has 2 rings (SSSR count). The average molecular weight is 485 g/mol. The summed E-state index contributed by atoms with van der Waals surface area (Å²) in [5.74, 6) is -0.464. The zero-order valence-corrected chi connectivity index (χ0v) is 18.3. The van der Waals surface area contributed by atoms with E-state index in [0.29, 0.717) is 10.2 Å². The Morgan fingerprint density at radius 1 is 1.17 bits per heavy atom. The molecule has 0 bridgehead atoms. The van der Waals surface area contributed by atoms with Crippen LogP contribution in [-0.4, -0.2) is 33.5 Å². The monoisotopic (exact) mass is 484 g/mol. The summed E-state index contributed by atoms with van der Waals surface area (Å²) < 4.78 is 34.2. The minimum absolute atomic E-state index is 0.0996. The highest BCUT2D eigenvalue weighted by Crippen LogP contribution is 2.31. The van der Waals surface area contributed by atoms with E-state index in [1.807, 2.05) is 13.0 Å². The van der Waals surface area contributed by atoms with E-state index in [0.717, 1.165) is 5.56 Å². The lowest BCUT2D eigenvalue weighted by Crippen LogP contribution is -2.44. The largest absolute Gasteiger partial charge is 0.495 e. The highest BCUT2D eigenvalue weighted by Gasteiger charge is 2.22. The van der Waals surface area contributed by atoms with Crippen molar-refractivity contribution in [2.75, 3.05) is 17.1 Å². The van der Waals surface area contributed by atoms with Crippen LogP contribution in [0.2, 0.25) is 0 Å². The molecular formula is C18H21BrN4O5S. The van der Waals surface area contributed by atoms with E-state index in [1.165, 1.54) is 32.2 Å².